The zero-order chi connectivity index (χ0) is 12.2. The van der Waals surface area contributed by atoms with Crippen molar-refractivity contribution < 1.29 is 9.53 Å². The molecule has 0 bridgehead atoms. The van der Waals surface area contributed by atoms with Crippen molar-refractivity contribution in [2.45, 2.75) is 26.3 Å². The molecule has 0 aromatic heterocycles. The van der Waals surface area contributed by atoms with Crippen molar-refractivity contribution in [3.8, 4) is 5.75 Å². The molecule has 0 aliphatic carbocycles. The van der Waals surface area contributed by atoms with E-state index in [1.54, 1.807) is 13.8 Å². The van der Waals surface area contributed by atoms with Crippen molar-refractivity contribution in [2.24, 2.45) is 4.99 Å². The standard InChI is InChI=1S/C12H15BNO2/c1-12(2,11(15)14-4)16-10-8-6-5-7-9(10)13-3/h5-8H,4H2,1-3H3. The molecule has 1 aromatic rings. The summed E-state index contributed by atoms with van der Waals surface area (Å²) >= 11 is 0. The van der Waals surface area contributed by atoms with E-state index < -0.39 is 5.60 Å². The van der Waals surface area contributed by atoms with Gasteiger partial charge in [0.15, 0.2) is 12.9 Å². The van der Waals surface area contributed by atoms with E-state index in [1.807, 2.05) is 38.4 Å². The monoisotopic (exact) mass is 216 g/mol. The maximum absolute atomic E-state index is 11.5. The Balaban J connectivity index is 2.95. The van der Waals surface area contributed by atoms with Gasteiger partial charge in [0.25, 0.3) is 5.91 Å². The molecule has 0 N–H and O–H groups in total. The molecule has 1 amide bonds. The minimum absolute atomic E-state index is 0.376. The molecule has 1 aromatic carbocycles. The van der Waals surface area contributed by atoms with E-state index in [9.17, 15) is 4.79 Å². The number of amides is 1. The maximum Gasteiger partial charge on any atom is 0.288 e. The number of ether oxygens (including phenoxy) is 1. The van der Waals surface area contributed by atoms with Crippen LogP contribution in [0.25, 0.3) is 0 Å². The lowest BCUT2D eigenvalue weighted by Gasteiger charge is -2.24. The molecule has 3 nitrogen and oxygen atoms in total. The van der Waals surface area contributed by atoms with Crippen LogP contribution < -0.4 is 10.2 Å². The van der Waals surface area contributed by atoms with Gasteiger partial charge in [0.1, 0.15) is 5.75 Å². The van der Waals surface area contributed by atoms with E-state index in [0.717, 1.165) is 5.46 Å². The number of hydrogen-bond donors (Lipinski definition) is 0. The van der Waals surface area contributed by atoms with E-state index in [-0.39, 0.29) is 5.91 Å². The third-order valence-corrected chi connectivity index (χ3v) is 2.25. The Bertz CT molecular complexity index is 402. The van der Waals surface area contributed by atoms with Crippen LogP contribution in [0.1, 0.15) is 13.8 Å². The van der Waals surface area contributed by atoms with Crippen molar-refractivity contribution in [1.29, 1.82) is 0 Å². The quantitative estimate of drug-likeness (QED) is 0.564. The zero-order valence-electron chi connectivity index (χ0n) is 9.86. The van der Waals surface area contributed by atoms with Crippen LogP contribution in [0.2, 0.25) is 6.82 Å². The Hall–Kier alpha value is -1.58. The van der Waals surface area contributed by atoms with Gasteiger partial charge in [0.05, 0.1) is 0 Å². The average Bonchev–Trinajstić information content (AvgIpc) is 2.28. The number of carbonyl (C=O) groups excluding carboxylic acids is 1. The first-order valence-electron chi connectivity index (χ1n) is 5.10. The second-order valence-electron chi connectivity index (χ2n) is 3.90. The molecule has 4 heteroatoms. The Labute approximate surface area is 96.8 Å². The number of aliphatic imine (C=N–C) groups is 1. The largest absolute Gasteiger partial charge is 0.479 e. The van der Waals surface area contributed by atoms with Crippen LogP contribution in [-0.2, 0) is 4.79 Å². The SMILES string of the molecule is C=NC(=O)C(C)(C)Oc1ccccc1[B]C. The molecule has 0 saturated heterocycles. The van der Waals surface area contributed by atoms with E-state index in [2.05, 4.69) is 11.7 Å². The van der Waals surface area contributed by atoms with Gasteiger partial charge in [-0.1, -0.05) is 25.0 Å². The second-order valence-corrected chi connectivity index (χ2v) is 3.90. The van der Waals surface area contributed by atoms with Gasteiger partial charge in [-0.3, -0.25) is 4.79 Å². The van der Waals surface area contributed by atoms with Crippen LogP contribution in [0, 0.1) is 0 Å². The predicted molar refractivity (Wildman–Crippen MR) is 67.0 cm³/mol. The fourth-order valence-electron chi connectivity index (χ4n) is 1.32. The summed E-state index contributed by atoms with van der Waals surface area (Å²) in [5.74, 6) is 0.297. The number of carbonyl (C=O) groups is 1. The molecule has 83 valence electrons. The summed E-state index contributed by atoms with van der Waals surface area (Å²) in [6.45, 7) is 8.50. The smallest absolute Gasteiger partial charge is 0.288 e. The second kappa shape index (κ2) is 4.97. The van der Waals surface area contributed by atoms with Crippen molar-refractivity contribution in [2.75, 3.05) is 0 Å². The molecule has 1 radical (unpaired) electrons. The average molecular weight is 216 g/mol. The third kappa shape index (κ3) is 2.72. The summed E-state index contributed by atoms with van der Waals surface area (Å²) in [6, 6.07) is 7.54. The Morgan fingerprint density at radius 1 is 1.44 bits per heavy atom. The predicted octanol–water partition coefficient (Wildman–Crippen LogP) is 1.45. The first-order valence-corrected chi connectivity index (χ1v) is 5.10. The Morgan fingerprint density at radius 3 is 2.62 bits per heavy atom. The van der Waals surface area contributed by atoms with Crippen molar-refractivity contribution in [3.05, 3.63) is 24.3 Å². The van der Waals surface area contributed by atoms with Crippen LogP contribution in [0.15, 0.2) is 29.3 Å². The van der Waals surface area contributed by atoms with Gasteiger partial charge >= 0.3 is 0 Å². The first kappa shape index (κ1) is 12.5. The molecule has 0 aliphatic rings. The highest BCUT2D eigenvalue weighted by Gasteiger charge is 2.29. The minimum Gasteiger partial charge on any atom is -0.479 e. The lowest BCUT2D eigenvalue weighted by molar-refractivity contribution is -0.130. The molecule has 16 heavy (non-hydrogen) atoms. The molecule has 0 unspecified atom stereocenters. The molecular formula is C12H15BNO2. The van der Waals surface area contributed by atoms with Crippen LogP contribution in [-0.4, -0.2) is 25.5 Å². The summed E-state index contributed by atoms with van der Waals surface area (Å²) in [6.07, 6.45) is 0. The number of benzene rings is 1. The lowest BCUT2D eigenvalue weighted by Crippen LogP contribution is -2.38. The molecule has 0 heterocycles. The summed E-state index contributed by atoms with van der Waals surface area (Å²) in [5, 5.41) is 0. The fraction of sp³-hybridized carbons (Fsp3) is 0.333. The van der Waals surface area contributed by atoms with E-state index in [4.69, 9.17) is 4.74 Å². The molecule has 0 fully saturated rings. The molecule has 0 spiro atoms. The highest BCUT2D eigenvalue weighted by Crippen LogP contribution is 2.17. The summed E-state index contributed by atoms with van der Waals surface area (Å²) < 4.78 is 5.66. The normalized spacial score (nSPS) is 10.7. The van der Waals surface area contributed by atoms with Crippen molar-refractivity contribution in [1.82, 2.24) is 0 Å². The van der Waals surface area contributed by atoms with Crippen LogP contribution in [0.3, 0.4) is 0 Å². The number of rotatable bonds is 4. The van der Waals surface area contributed by atoms with Gasteiger partial charge in [0.2, 0.25) is 0 Å². The van der Waals surface area contributed by atoms with Crippen LogP contribution in [0.4, 0.5) is 0 Å². The Kier molecular flexibility index (Phi) is 3.88. The van der Waals surface area contributed by atoms with Gasteiger partial charge in [-0.2, -0.15) is 0 Å². The summed E-state index contributed by atoms with van der Waals surface area (Å²) in [7, 11) is 1.93. The zero-order valence-corrected chi connectivity index (χ0v) is 9.86. The van der Waals surface area contributed by atoms with Crippen molar-refractivity contribution >= 4 is 25.4 Å². The van der Waals surface area contributed by atoms with Gasteiger partial charge in [-0.05, 0) is 32.1 Å². The van der Waals surface area contributed by atoms with E-state index in [0.29, 0.717) is 5.75 Å². The minimum atomic E-state index is -0.985. The highest BCUT2D eigenvalue weighted by atomic mass is 16.5. The van der Waals surface area contributed by atoms with E-state index >= 15 is 0 Å². The van der Waals surface area contributed by atoms with Gasteiger partial charge in [0, 0.05) is 0 Å². The van der Waals surface area contributed by atoms with Gasteiger partial charge in [-0.15, -0.1) is 0 Å². The van der Waals surface area contributed by atoms with Gasteiger partial charge < -0.3 is 4.74 Å². The first-order chi connectivity index (χ1) is 7.51. The van der Waals surface area contributed by atoms with E-state index in [1.165, 1.54) is 0 Å². The Morgan fingerprint density at radius 2 is 2.06 bits per heavy atom. The van der Waals surface area contributed by atoms with Gasteiger partial charge in [-0.25, -0.2) is 4.99 Å². The van der Waals surface area contributed by atoms with Crippen LogP contribution >= 0.6 is 0 Å². The van der Waals surface area contributed by atoms with Crippen molar-refractivity contribution in [3.63, 3.8) is 0 Å². The number of nitrogens with zero attached hydrogens (tertiary/aromatic N) is 1. The fourth-order valence-corrected chi connectivity index (χ4v) is 1.32. The topological polar surface area (TPSA) is 38.7 Å². The molecule has 0 atom stereocenters. The molecule has 1 rings (SSSR count). The lowest BCUT2D eigenvalue weighted by atomic mass is 9.73. The molecule has 0 aliphatic heterocycles. The number of para-hydroxylation sites is 1. The highest BCUT2D eigenvalue weighted by molar-refractivity contribution is 6.53. The summed E-state index contributed by atoms with van der Waals surface area (Å²) in [5.41, 5.74) is -0.0339. The molecule has 0 saturated carbocycles. The molecular weight excluding hydrogens is 201 g/mol. The number of hydrogen-bond acceptors (Lipinski definition) is 2. The maximum atomic E-state index is 11.5. The summed E-state index contributed by atoms with van der Waals surface area (Å²) in [4.78, 5) is 14.9. The third-order valence-electron chi connectivity index (χ3n) is 2.25. The van der Waals surface area contributed by atoms with Crippen LogP contribution in [0.5, 0.6) is 5.75 Å².